The van der Waals surface area contributed by atoms with Gasteiger partial charge in [-0.05, 0) is 31.6 Å². The van der Waals surface area contributed by atoms with E-state index in [9.17, 15) is 4.79 Å². The van der Waals surface area contributed by atoms with Crippen molar-refractivity contribution in [3.05, 3.63) is 0 Å². The van der Waals surface area contributed by atoms with Crippen LogP contribution < -0.4 is 10.6 Å². The standard InChI is InChI=1S/C13H24N2O2/c1-2-10-3-5-11(6-4-10)15-13(16)12-9-17-8-7-14-12/h10-12,14H,2-9H2,1H3,(H,15,16). The zero-order chi connectivity index (χ0) is 12.1. The summed E-state index contributed by atoms with van der Waals surface area (Å²) < 4.78 is 5.30. The summed E-state index contributed by atoms with van der Waals surface area (Å²) in [5, 5.41) is 6.34. The second-order valence-electron chi connectivity index (χ2n) is 5.22. The van der Waals surface area contributed by atoms with Gasteiger partial charge in [0.15, 0.2) is 0 Å². The summed E-state index contributed by atoms with van der Waals surface area (Å²) >= 11 is 0. The van der Waals surface area contributed by atoms with Crippen LogP contribution in [-0.2, 0) is 9.53 Å². The molecule has 0 aromatic carbocycles. The van der Waals surface area contributed by atoms with Gasteiger partial charge in [-0.25, -0.2) is 0 Å². The topological polar surface area (TPSA) is 50.4 Å². The molecule has 1 aliphatic carbocycles. The number of ether oxygens (including phenoxy) is 1. The number of hydrogen-bond acceptors (Lipinski definition) is 3. The summed E-state index contributed by atoms with van der Waals surface area (Å²) in [6, 6.07) is 0.238. The molecule has 0 aromatic heterocycles. The second kappa shape index (κ2) is 6.36. The van der Waals surface area contributed by atoms with Gasteiger partial charge in [-0.15, -0.1) is 0 Å². The van der Waals surface area contributed by atoms with E-state index >= 15 is 0 Å². The van der Waals surface area contributed by atoms with E-state index in [0.29, 0.717) is 19.3 Å². The van der Waals surface area contributed by atoms with E-state index in [1.54, 1.807) is 0 Å². The molecule has 4 nitrogen and oxygen atoms in total. The van der Waals surface area contributed by atoms with E-state index in [2.05, 4.69) is 17.6 Å². The van der Waals surface area contributed by atoms with Crippen molar-refractivity contribution in [1.82, 2.24) is 10.6 Å². The lowest BCUT2D eigenvalue weighted by atomic mass is 9.84. The van der Waals surface area contributed by atoms with Crippen LogP contribution in [0.15, 0.2) is 0 Å². The average molecular weight is 240 g/mol. The normalized spacial score (nSPS) is 34.3. The minimum absolute atomic E-state index is 0.115. The van der Waals surface area contributed by atoms with Crippen LogP contribution in [0.4, 0.5) is 0 Å². The summed E-state index contributed by atoms with van der Waals surface area (Å²) in [4.78, 5) is 12.0. The summed E-state index contributed by atoms with van der Waals surface area (Å²) in [6.45, 7) is 4.26. The first-order chi connectivity index (χ1) is 8.29. The van der Waals surface area contributed by atoms with Crippen LogP contribution >= 0.6 is 0 Å². The van der Waals surface area contributed by atoms with Crippen LogP contribution in [0.1, 0.15) is 39.0 Å². The average Bonchev–Trinajstić information content (AvgIpc) is 2.40. The number of carbonyl (C=O) groups is 1. The molecule has 1 saturated carbocycles. The zero-order valence-electron chi connectivity index (χ0n) is 10.7. The highest BCUT2D eigenvalue weighted by Crippen LogP contribution is 2.26. The Morgan fingerprint density at radius 2 is 2.12 bits per heavy atom. The highest BCUT2D eigenvalue weighted by atomic mass is 16.5. The molecule has 1 atom stereocenters. The predicted molar refractivity (Wildman–Crippen MR) is 66.8 cm³/mol. The fraction of sp³-hybridized carbons (Fsp3) is 0.923. The SMILES string of the molecule is CCC1CCC(NC(=O)C2COCCN2)CC1. The van der Waals surface area contributed by atoms with Crippen molar-refractivity contribution in [3.63, 3.8) is 0 Å². The minimum atomic E-state index is -0.146. The highest BCUT2D eigenvalue weighted by Gasteiger charge is 2.26. The van der Waals surface area contributed by atoms with Crippen LogP contribution in [0.3, 0.4) is 0 Å². The Kier molecular flexibility index (Phi) is 4.80. The number of rotatable bonds is 3. The molecule has 1 saturated heterocycles. The van der Waals surface area contributed by atoms with Gasteiger partial charge in [0, 0.05) is 12.6 Å². The van der Waals surface area contributed by atoms with Crippen molar-refractivity contribution < 1.29 is 9.53 Å². The fourth-order valence-electron chi connectivity index (χ4n) is 2.75. The number of hydrogen-bond donors (Lipinski definition) is 2. The molecule has 2 N–H and O–H groups in total. The molecule has 2 rings (SSSR count). The smallest absolute Gasteiger partial charge is 0.239 e. The van der Waals surface area contributed by atoms with Gasteiger partial charge in [-0.2, -0.15) is 0 Å². The molecule has 1 unspecified atom stereocenters. The Bertz CT molecular complexity index is 244. The summed E-state index contributed by atoms with van der Waals surface area (Å²) in [5.41, 5.74) is 0. The molecule has 2 fully saturated rings. The lowest BCUT2D eigenvalue weighted by Crippen LogP contribution is -2.53. The predicted octanol–water partition coefficient (Wildman–Crippen LogP) is 1.06. The highest BCUT2D eigenvalue weighted by molar-refractivity contribution is 5.82. The van der Waals surface area contributed by atoms with Crippen LogP contribution in [0, 0.1) is 5.92 Å². The van der Waals surface area contributed by atoms with E-state index in [4.69, 9.17) is 4.74 Å². The Morgan fingerprint density at radius 1 is 1.35 bits per heavy atom. The summed E-state index contributed by atoms with van der Waals surface area (Å²) in [5.74, 6) is 0.990. The second-order valence-corrected chi connectivity index (χ2v) is 5.22. The summed E-state index contributed by atoms with van der Waals surface area (Å²) in [7, 11) is 0. The lowest BCUT2D eigenvalue weighted by molar-refractivity contribution is -0.126. The molecule has 1 heterocycles. The molecule has 98 valence electrons. The van der Waals surface area contributed by atoms with Crippen LogP contribution in [-0.4, -0.2) is 37.7 Å². The zero-order valence-corrected chi connectivity index (χ0v) is 10.7. The molecule has 1 amide bonds. The molecule has 0 spiro atoms. The maximum Gasteiger partial charge on any atom is 0.239 e. The Balaban J connectivity index is 1.71. The van der Waals surface area contributed by atoms with Crippen molar-refractivity contribution in [2.24, 2.45) is 5.92 Å². The fourth-order valence-corrected chi connectivity index (χ4v) is 2.75. The van der Waals surface area contributed by atoms with E-state index in [1.807, 2.05) is 0 Å². The van der Waals surface area contributed by atoms with Gasteiger partial charge in [-0.3, -0.25) is 4.79 Å². The number of nitrogens with one attached hydrogen (secondary N) is 2. The largest absolute Gasteiger partial charge is 0.378 e. The first-order valence-electron chi connectivity index (χ1n) is 6.91. The van der Waals surface area contributed by atoms with E-state index in [-0.39, 0.29) is 11.9 Å². The Morgan fingerprint density at radius 3 is 2.71 bits per heavy atom. The van der Waals surface area contributed by atoms with Crippen LogP contribution in [0.2, 0.25) is 0 Å². The number of morpholine rings is 1. The van der Waals surface area contributed by atoms with Gasteiger partial charge in [0.25, 0.3) is 0 Å². The van der Waals surface area contributed by atoms with E-state index < -0.39 is 0 Å². The monoisotopic (exact) mass is 240 g/mol. The molecular formula is C13H24N2O2. The molecule has 1 aliphatic heterocycles. The van der Waals surface area contributed by atoms with Crippen molar-refractivity contribution in [2.75, 3.05) is 19.8 Å². The van der Waals surface area contributed by atoms with Crippen molar-refractivity contribution in [2.45, 2.75) is 51.1 Å². The molecule has 2 aliphatic rings. The molecular weight excluding hydrogens is 216 g/mol. The van der Waals surface area contributed by atoms with Crippen LogP contribution in [0.25, 0.3) is 0 Å². The molecule has 4 heteroatoms. The van der Waals surface area contributed by atoms with Crippen molar-refractivity contribution in [3.8, 4) is 0 Å². The number of amides is 1. The van der Waals surface area contributed by atoms with E-state index in [0.717, 1.165) is 25.3 Å². The first kappa shape index (κ1) is 12.8. The van der Waals surface area contributed by atoms with Crippen molar-refractivity contribution in [1.29, 1.82) is 0 Å². The third-order valence-corrected chi connectivity index (χ3v) is 4.01. The third-order valence-electron chi connectivity index (χ3n) is 4.01. The van der Waals surface area contributed by atoms with Crippen molar-refractivity contribution >= 4 is 5.91 Å². The first-order valence-corrected chi connectivity index (χ1v) is 6.91. The molecule has 17 heavy (non-hydrogen) atoms. The molecule has 0 bridgehead atoms. The Hall–Kier alpha value is -0.610. The van der Waals surface area contributed by atoms with Gasteiger partial charge in [0.1, 0.15) is 6.04 Å². The van der Waals surface area contributed by atoms with Gasteiger partial charge >= 0.3 is 0 Å². The lowest BCUT2D eigenvalue weighted by Gasteiger charge is -2.30. The third kappa shape index (κ3) is 3.68. The quantitative estimate of drug-likeness (QED) is 0.775. The van der Waals surface area contributed by atoms with Gasteiger partial charge in [0.05, 0.1) is 13.2 Å². The number of carbonyl (C=O) groups excluding carboxylic acids is 1. The molecule has 0 aromatic rings. The Labute approximate surface area is 103 Å². The maximum absolute atomic E-state index is 12.0. The van der Waals surface area contributed by atoms with Gasteiger partial charge in [-0.1, -0.05) is 13.3 Å². The van der Waals surface area contributed by atoms with Gasteiger partial charge < -0.3 is 15.4 Å². The van der Waals surface area contributed by atoms with Crippen LogP contribution in [0.5, 0.6) is 0 Å². The van der Waals surface area contributed by atoms with E-state index in [1.165, 1.54) is 19.3 Å². The molecule has 0 radical (unpaired) electrons. The minimum Gasteiger partial charge on any atom is -0.378 e. The maximum atomic E-state index is 12.0. The summed E-state index contributed by atoms with van der Waals surface area (Å²) in [6.07, 6.45) is 6.07. The van der Waals surface area contributed by atoms with Gasteiger partial charge in [0.2, 0.25) is 5.91 Å².